The molecule has 11 heteroatoms. The topological polar surface area (TPSA) is 136 Å². The molecule has 2 amide bonds. The Hall–Kier alpha value is -4.64. The summed E-state index contributed by atoms with van der Waals surface area (Å²) in [4.78, 5) is 59.5. The summed E-state index contributed by atoms with van der Waals surface area (Å²) < 4.78 is 9.14. The molecule has 6 rings (SSSR count). The van der Waals surface area contributed by atoms with Crippen molar-refractivity contribution in [1.82, 2.24) is 19.0 Å². The van der Waals surface area contributed by atoms with Crippen molar-refractivity contribution in [2.45, 2.75) is 72.4 Å². The monoisotopic (exact) mass is 654 g/mol. The summed E-state index contributed by atoms with van der Waals surface area (Å²) >= 11 is 0. The fourth-order valence-electron chi connectivity index (χ4n) is 7.71. The Morgan fingerprint density at radius 2 is 1.71 bits per heavy atom. The maximum atomic E-state index is 13.6. The molecule has 0 bridgehead atoms. The molecule has 2 aliphatic heterocycles. The van der Waals surface area contributed by atoms with Crippen LogP contribution in [-0.4, -0.2) is 69.7 Å². The summed E-state index contributed by atoms with van der Waals surface area (Å²) in [7, 11) is 1.76. The van der Waals surface area contributed by atoms with Crippen molar-refractivity contribution in [1.29, 1.82) is 0 Å². The van der Waals surface area contributed by atoms with Crippen LogP contribution in [0.4, 0.5) is 5.69 Å². The average molecular weight is 655 g/mol. The molecule has 0 spiro atoms. The van der Waals surface area contributed by atoms with E-state index < -0.39 is 5.91 Å². The minimum atomic E-state index is -0.526. The first-order valence-corrected chi connectivity index (χ1v) is 16.9. The van der Waals surface area contributed by atoms with Gasteiger partial charge in [0.05, 0.1) is 17.1 Å². The van der Waals surface area contributed by atoms with Gasteiger partial charge in [-0.15, -0.1) is 0 Å². The number of hydrogen-bond acceptors (Lipinski definition) is 6. The maximum Gasteiger partial charge on any atom is 0.329 e. The lowest BCUT2D eigenvalue weighted by atomic mass is 9.86. The lowest BCUT2D eigenvalue weighted by Gasteiger charge is -2.39. The molecular formula is C37H46N6O5. The average Bonchev–Trinajstić information content (AvgIpc) is 3.28. The van der Waals surface area contributed by atoms with Gasteiger partial charge in [0.25, 0.3) is 5.56 Å². The van der Waals surface area contributed by atoms with Crippen LogP contribution in [0, 0.1) is 20.8 Å². The molecule has 2 aromatic heterocycles. The SMILES string of the molecule is CCC(=O)N1CC(n2c(=O)n(C)c3ccc(-c4cc(C(N)=O)c(C)c(N(CC)C5CCOCC5)c4Cc4c(C)cc(C)[nH]c4=O)cc32)C1. The van der Waals surface area contributed by atoms with Crippen molar-refractivity contribution < 1.29 is 14.3 Å². The van der Waals surface area contributed by atoms with Crippen LogP contribution >= 0.6 is 0 Å². The lowest BCUT2D eigenvalue weighted by Crippen LogP contribution is -2.52. The fraction of sp³-hybridized carbons (Fsp3) is 0.459. The zero-order valence-corrected chi connectivity index (χ0v) is 28.8. The number of imidazole rings is 1. The van der Waals surface area contributed by atoms with Crippen LogP contribution in [0.5, 0.6) is 0 Å². The molecule has 0 radical (unpaired) electrons. The second-order valence-corrected chi connectivity index (χ2v) is 13.3. The number of likely N-dealkylation sites (tertiary alicyclic amines) is 1. The van der Waals surface area contributed by atoms with Gasteiger partial charge in [-0.25, -0.2) is 4.79 Å². The van der Waals surface area contributed by atoms with Crippen LogP contribution in [-0.2, 0) is 23.0 Å². The highest BCUT2D eigenvalue weighted by molar-refractivity contribution is 5.99. The van der Waals surface area contributed by atoms with E-state index in [-0.39, 0.29) is 29.2 Å². The highest BCUT2D eigenvalue weighted by atomic mass is 16.5. The molecular weight excluding hydrogens is 608 g/mol. The van der Waals surface area contributed by atoms with E-state index in [0.29, 0.717) is 56.8 Å². The number of pyridine rings is 1. The molecule has 4 aromatic rings. The number of hydrogen-bond donors (Lipinski definition) is 2. The summed E-state index contributed by atoms with van der Waals surface area (Å²) in [6.07, 6.45) is 2.44. The van der Waals surface area contributed by atoms with Crippen molar-refractivity contribution in [2.24, 2.45) is 12.8 Å². The number of rotatable bonds is 9. The number of aromatic amines is 1. The van der Waals surface area contributed by atoms with Crippen LogP contribution in [0.1, 0.15) is 77.5 Å². The number of fused-ring (bicyclic) bond motifs is 1. The second kappa shape index (κ2) is 13.1. The Bertz CT molecular complexity index is 2030. The molecule has 0 aliphatic carbocycles. The van der Waals surface area contributed by atoms with E-state index in [1.165, 1.54) is 0 Å². The molecule has 0 atom stereocenters. The first-order valence-electron chi connectivity index (χ1n) is 16.9. The Labute approximate surface area is 280 Å². The predicted octanol–water partition coefficient (Wildman–Crippen LogP) is 4.11. The number of amides is 2. The summed E-state index contributed by atoms with van der Waals surface area (Å²) in [5, 5.41) is 0. The number of carbonyl (C=O) groups excluding carboxylic acids is 2. The second-order valence-electron chi connectivity index (χ2n) is 13.3. The van der Waals surface area contributed by atoms with E-state index in [2.05, 4.69) is 16.8 Å². The number of carbonyl (C=O) groups is 2. The van der Waals surface area contributed by atoms with Crippen LogP contribution < -0.4 is 21.9 Å². The smallest absolute Gasteiger partial charge is 0.329 e. The molecule has 254 valence electrons. The van der Waals surface area contributed by atoms with Crippen LogP contribution in [0.15, 0.2) is 39.9 Å². The van der Waals surface area contributed by atoms with Gasteiger partial charge in [0, 0.05) is 81.3 Å². The Morgan fingerprint density at radius 1 is 1.00 bits per heavy atom. The van der Waals surface area contributed by atoms with Gasteiger partial charge in [-0.3, -0.25) is 23.5 Å². The third-order valence-electron chi connectivity index (χ3n) is 10.3. The van der Waals surface area contributed by atoms with Crippen LogP contribution in [0.2, 0.25) is 0 Å². The van der Waals surface area contributed by atoms with E-state index in [0.717, 1.165) is 63.1 Å². The third kappa shape index (κ3) is 5.74. The van der Waals surface area contributed by atoms with Gasteiger partial charge in [-0.05, 0) is 92.6 Å². The lowest BCUT2D eigenvalue weighted by molar-refractivity contribution is -0.136. The van der Waals surface area contributed by atoms with Gasteiger partial charge in [0.1, 0.15) is 0 Å². The standard InChI is InChI=1S/C37H46N6O5/c1-7-33(44)41-19-26(20-41)43-32-16-24(9-10-31(32)40(6)37(43)47)29-18-28(35(38)45)23(5)34(42(8-2)25-11-13-48-14-12-25)30(29)17-27-21(3)15-22(4)39-36(27)46/h9-10,15-16,18,25-26H,7-8,11-14,17,19-20H2,1-6H3,(H2,38,45)(H,39,46). The van der Waals surface area contributed by atoms with Gasteiger partial charge in [0.15, 0.2) is 0 Å². The Balaban J connectivity index is 1.61. The largest absolute Gasteiger partial charge is 0.381 e. The quantitative estimate of drug-likeness (QED) is 0.279. The zero-order valence-electron chi connectivity index (χ0n) is 28.8. The van der Waals surface area contributed by atoms with E-state index in [9.17, 15) is 19.2 Å². The molecule has 4 heterocycles. The molecule has 48 heavy (non-hydrogen) atoms. The summed E-state index contributed by atoms with van der Waals surface area (Å²) in [6, 6.07) is 9.78. The van der Waals surface area contributed by atoms with Gasteiger partial charge < -0.3 is 25.3 Å². The van der Waals surface area contributed by atoms with E-state index in [1.807, 2.05) is 58.0 Å². The minimum absolute atomic E-state index is 0.0717. The highest BCUT2D eigenvalue weighted by Crippen LogP contribution is 2.41. The Morgan fingerprint density at radius 3 is 2.33 bits per heavy atom. The van der Waals surface area contributed by atoms with Crippen molar-refractivity contribution in [3.8, 4) is 11.1 Å². The van der Waals surface area contributed by atoms with Gasteiger partial charge >= 0.3 is 5.69 Å². The molecule has 2 aromatic carbocycles. The number of ether oxygens (including phenoxy) is 1. The maximum absolute atomic E-state index is 13.6. The summed E-state index contributed by atoms with van der Waals surface area (Å²) in [5.74, 6) is -0.454. The molecule has 0 saturated carbocycles. The number of aromatic nitrogens is 3. The molecule has 11 nitrogen and oxygen atoms in total. The predicted molar refractivity (Wildman–Crippen MR) is 188 cm³/mol. The van der Waals surface area contributed by atoms with Gasteiger partial charge in [0.2, 0.25) is 11.8 Å². The first-order chi connectivity index (χ1) is 22.9. The molecule has 2 fully saturated rings. The number of anilines is 1. The normalized spacial score (nSPS) is 15.6. The molecule has 2 aliphatic rings. The number of aryl methyl sites for hydroxylation is 3. The van der Waals surface area contributed by atoms with E-state index in [1.54, 1.807) is 21.1 Å². The number of nitrogens with one attached hydrogen (secondary N) is 1. The molecule has 0 unspecified atom stereocenters. The van der Waals surface area contributed by atoms with Crippen molar-refractivity contribution in [2.75, 3.05) is 37.7 Å². The Kier molecular flexibility index (Phi) is 9.08. The van der Waals surface area contributed by atoms with E-state index >= 15 is 0 Å². The first kappa shape index (κ1) is 33.3. The van der Waals surface area contributed by atoms with Crippen LogP contribution in [0.3, 0.4) is 0 Å². The van der Waals surface area contributed by atoms with Crippen molar-refractivity contribution in [3.05, 3.63) is 84.7 Å². The van der Waals surface area contributed by atoms with Gasteiger partial charge in [-0.2, -0.15) is 0 Å². The van der Waals surface area contributed by atoms with Gasteiger partial charge in [-0.1, -0.05) is 13.0 Å². The van der Waals surface area contributed by atoms with Crippen molar-refractivity contribution in [3.63, 3.8) is 0 Å². The molecule has 2 saturated heterocycles. The minimum Gasteiger partial charge on any atom is -0.381 e. The highest BCUT2D eigenvalue weighted by Gasteiger charge is 2.34. The summed E-state index contributed by atoms with van der Waals surface area (Å²) in [5.41, 5.74) is 14.3. The molecule has 3 N–H and O–H groups in total. The fourth-order valence-corrected chi connectivity index (χ4v) is 7.71. The van der Waals surface area contributed by atoms with Crippen LogP contribution in [0.25, 0.3) is 22.2 Å². The number of H-pyrrole nitrogens is 1. The zero-order chi connectivity index (χ0) is 34.4. The number of nitrogens with two attached hydrogens (primary N) is 1. The summed E-state index contributed by atoms with van der Waals surface area (Å²) in [6.45, 7) is 12.7. The van der Waals surface area contributed by atoms with Crippen molar-refractivity contribution >= 4 is 28.5 Å². The third-order valence-corrected chi connectivity index (χ3v) is 10.3. The number of nitrogens with zero attached hydrogens (tertiary/aromatic N) is 4. The number of primary amides is 1. The number of benzene rings is 2. The van der Waals surface area contributed by atoms with E-state index in [4.69, 9.17) is 10.5 Å².